The zero-order valence-corrected chi connectivity index (χ0v) is 11.6. The third kappa shape index (κ3) is 4.65. The maximum atomic E-state index is 11.7. The summed E-state index contributed by atoms with van der Waals surface area (Å²) in [5.74, 6) is -0.0269. The molecule has 108 valence electrons. The molecule has 0 spiro atoms. The van der Waals surface area contributed by atoms with Crippen molar-refractivity contribution in [3.8, 4) is 5.75 Å². The second kappa shape index (κ2) is 7.09. The molecule has 0 saturated heterocycles. The first-order chi connectivity index (χ1) is 10.1. The predicted molar refractivity (Wildman–Crippen MR) is 78.5 cm³/mol. The van der Waals surface area contributed by atoms with Gasteiger partial charge in [0.15, 0.2) is 0 Å². The van der Waals surface area contributed by atoms with Crippen molar-refractivity contribution < 1.29 is 14.3 Å². The Hall–Kier alpha value is -2.82. The van der Waals surface area contributed by atoms with Gasteiger partial charge in [0, 0.05) is 12.5 Å². The fourth-order valence-electron chi connectivity index (χ4n) is 1.66. The van der Waals surface area contributed by atoms with Gasteiger partial charge in [-0.3, -0.25) is 20.4 Å². The van der Waals surface area contributed by atoms with Gasteiger partial charge in [0.2, 0.25) is 5.91 Å². The fourth-order valence-corrected chi connectivity index (χ4v) is 1.66. The molecule has 0 aliphatic rings. The number of nitrogens with one attached hydrogen (secondary N) is 2. The minimum Gasteiger partial charge on any atom is -0.489 e. The number of ether oxygens (including phenoxy) is 1. The smallest absolute Gasteiger partial charge is 0.269 e. The Morgan fingerprint density at radius 2 is 1.62 bits per heavy atom. The highest BCUT2D eigenvalue weighted by atomic mass is 16.5. The average Bonchev–Trinajstić information content (AvgIpc) is 2.52. The average molecular weight is 284 g/mol. The first kappa shape index (κ1) is 14.6. The second-order valence-electron chi connectivity index (χ2n) is 4.43. The van der Waals surface area contributed by atoms with Gasteiger partial charge in [0.1, 0.15) is 12.4 Å². The third-order valence-electron chi connectivity index (χ3n) is 2.72. The van der Waals surface area contributed by atoms with Crippen LogP contribution in [0.5, 0.6) is 5.75 Å². The van der Waals surface area contributed by atoms with Crippen LogP contribution in [0.15, 0.2) is 54.6 Å². The number of carbonyl (C=O) groups excluding carboxylic acids is 2. The van der Waals surface area contributed by atoms with Gasteiger partial charge >= 0.3 is 0 Å². The molecule has 5 heteroatoms. The summed E-state index contributed by atoms with van der Waals surface area (Å²) >= 11 is 0. The Kier molecular flexibility index (Phi) is 4.93. The van der Waals surface area contributed by atoms with E-state index in [0.29, 0.717) is 17.9 Å². The van der Waals surface area contributed by atoms with Crippen molar-refractivity contribution in [2.75, 3.05) is 0 Å². The zero-order chi connectivity index (χ0) is 15.1. The summed E-state index contributed by atoms with van der Waals surface area (Å²) in [5.41, 5.74) is 6.05. The first-order valence-electron chi connectivity index (χ1n) is 6.49. The molecule has 0 fully saturated rings. The summed E-state index contributed by atoms with van der Waals surface area (Å²) < 4.78 is 5.62. The van der Waals surface area contributed by atoms with Crippen molar-refractivity contribution in [1.82, 2.24) is 10.9 Å². The molecule has 2 aromatic rings. The van der Waals surface area contributed by atoms with Crippen LogP contribution in [0.4, 0.5) is 0 Å². The number of carbonyl (C=O) groups is 2. The number of hydrazine groups is 1. The van der Waals surface area contributed by atoms with E-state index in [1.807, 2.05) is 30.3 Å². The molecule has 0 radical (unpaired) electrons. The lowest BCUT2D eigenvalue weighted by Gasteiger charge is -2.08. The van der Waals surface area contributed by atoms with E-state index in [2.05, 4.69) is 10.9 Å². The number of rotatable bonds is 4. The SMILES string of the molecule is CC(=O)NNC(=O)c1ccc(OCc2ccccc2)cc1. The van der Waals surface area contributed by atoms with Gasteiger partial charge in [-0.25, -0.2) is 0 Å². The first-order valence-corrected chi connectivity index (χ1v) is 6.49. The summed E-state index contributed by atoms with van der Waals surface area (Å²) in [6.07, 6.45) is 0. The van der Waals surface area contributed by atoms with Crippen LogP contribution in [0.25, 0.3) is 0 Å². The molecular formula is C16H16N2O3. The van der Waals surface area contributed by atoms with E-state index in [4.69, 9.17) is 4.74 Å². The van der Waals surface area contributed by atoms with Crippen LogP contribution in [0, 0.1) is 0 Å². The van der Waals surface area contributed by atoms with Crippen LogP contribution in [0.3, 0.4) is 0 Å². The molecule has 0 aliphatic heterocycles. The summed E-state index contributed by atoms with van der Waals surface area (Å²) in [5, 5.41) is 0. The lowest BCUT2D eigenvalue weighted by atomic mass is 10.2. The fraction of sp³-hybridized carbons (Fsp3) is 0.125. The molecule has 2 rings (SSSR count). The standard InChI is InChI=1S/C16H16N2O3/c1-12(19)17-18-16(20)14-7-9-15(10-8-14)21-11-13-5-3-2-4-6-13/h2-10H,11H2,1H3,(H,17,19)(H,18,20). The number of hydrogen-bond donors (Lipinski definition) is 2. The van der Waals surface area contributed by atoms with Gasteiger partial charge in [0.05, 0.1) is 0 Å². The van der Waals surface area contributed by atoms with Crippen LogP contribution < -0.4 is 15.6 Å². The van der Waals surface area contributed by atoms with Crippen LogP contribution in [0.1, 0.15) is 22.8 Å². The molecule has 0 saturated carbocycles. The molecule has 5 nitrogen and oxygen atoms in total. The van der Waals surface area contributed by atoms with E-state index in [-0.39, 0.29) is 11.8 Å². The summed E-state index contributed by atoms with van der Waals surface area (Å²) in [7, 11) is 0. The highest BCUT2D eigenvalue weighted by Crippen LogP contribution is 2.14. The van der Waals surface area contributed by atoms with Crippen molar-refractivity contribution in [2.45, 2.75) is 13.5 Å². The van der Waals surface area contributed by atoms with Crippen LogP contribution in [0.2, 0.25) is 0 Å². The highest BCUT2D eigenvalue weighted by molar-refractivity contribution is 5.95. The van der Waals surface area contributed by atoms with Crippen LogP contribution >= 0.6 is 0 Å². The van der Waals surface area contributed by atoms with Gasteiger partial charge < -0.3 is 4.74 Å². The maximum Gasteiger partial charge on any atom is 0.269 e. The minimum absolute atomic E-state index is 0.328. The molecule has 2 aromatic carbocycles. The van der Waals surface area contributed by atoms with E-state index in [1.165, 1.54) is 6.92 Å². The highest BCUT2D eigenvalue weighted by Gasteiger charge is 2.05. The molecule has 2 amide bonds. The molecule has 21 heavy (non-hydrogen) atoms. The van der Waals surface area contributed by atoms with Crippen molar-refractivity contribution >= 4 is 11.8 Å². The normalized spacial score (nSPS) is 9.76. The van der Waals surface area contributed by atoms with Crippen LogP contribution in [-0.4, -0.2) is 11.8 Å². The van der Waals surface area contributed by atoms with Crippen molar-refractivity contribution in [2.24, 2.45) is 0 Å². The quantitative estimate of drug-likeness (QED) is 0.844. The van der Waals surface area contributed by atoms with Gasteiger partial charge in [-0.2, -0.15) is 0 Å². The van der Waals surface area contributed by atoms with Crippen molar-refractivity contribution in [3.05, 3.63) is 65.7 Å². The Labute approximate surface area is 122 Å². The van der Waals surface area contributed by atoms with E-state index in [0.717, 1.165) is 5.56 Å². The summed E-state index contributed by atoms with van der Waals surface area (Å²) in [4.78, 5) is 22.4. The molecule has 0 unspecified atom stereocenters. The number of benzene rings is 2. The van der Waals surface area contributed by atoms with Gasteiger partial charge in [0.25, 0.3) is 5.91 Å². The van der Waals surface area contributed by atoms with E-state index < -0.39 is 0 Å². The monoisotopic (exact) mass is 284 g/mol. The lowest BCUT2D eigenvalue weighted by Crippen LogP contribution is -2.40. The summed E-state index contributed by atoms with van der Waals surface area (Å²) in [6, 6.07) is 16.5. The predicted octanol–water partition coefficient (Wildman–Crippen LogP) is 2.05. The molecular weight excluding hydrogens is 268 g/mol. The Bertz CT molecular complexity index is 609. The van der Waals surface area contributed by atoms with Gasteiger partial charge in [-0.1, -0.05) is 30.3 Å². The number of hydrogen-bond acceptors (Lipinski definition) is 3. The maximum absolute atomic E-state index is 11.7. The Balaban J connectivity index is 1.89. The largest absolute Gasteiger partial charge is 0.489 e. The zero-order valence-electron chi connectivity index (χ0n) is 11.6. The molecule has 0 aliphatic carbocycles. The van der Waals surface area contributed by atoms with Gasteiger partial charge in [-0.05, 0) is 29.8 Å². The minimum atomic E-state index is -0.375. The van der Waals surface area contributed by atoms with Crippen molar-refractivity contribution in [1.29, 1.82) is 0 Å². The van der Waals surface area contributed by atoms with Crippen LogP contribution in [-0.2, 0) is 11.4 Å². The van der Waals surface area contributed by atoms with Crippen molar-refractivity contribution in [3.63, 3.8) is 0 Å². The molecule has 2 N–H and O–H groups in total. The molecule has 0 bridgehead atoms. The third-order valence-corrected chi connectivity index (χ3v) is 2.72. The molecule has 0 heterocycles. The Morgan fingerprint density at radius 1 is 0.952 bits per heavy atom. The molecule has 0 atom stereocenters. The van der Waals surface area contributed by atoms with Gasteiger partial charge in [-0.15, -0.1) is 0 Å². The molecule has 0 aromatic heterocycles. The topological polar surface area (TPSA) is 67.4 Å². The second-order valence-corrected chi connectivity index (χ2v) is 4.43. The summed E-state index contributed by atoms with van der Waals surface area (Å²) in [6.45, 7) is 1.79. The Morgan fingerprint density at radius 3 is 2.24 bits per heavy atom. The lowest BCUT2D eigenvalue weighted by molar-refractivity contribution is -0.119. The van der Waals surface area contributed by atoms with E-state index in [1.54, 1.807) is 24.3 Å². The van der Waals surface area contributed by atoms with E-state index in [9.17, 15) is 9.59 Å². The number of amides is 2. The van der Waals surface area contributed by atoms with E-state index >= 15 is 0 Å².